The van der Waals surface area contributed by atoms with Gasteiger partial charge < -0.3 is 24.6 Å². The van der Waals surface area contributed by atoms with Gasteiger partial charge in [-0.1, -0.05) is 18.2 Å². The van der Waals surface area contributed by atoms with Gasteiger partial charge in [-0.25, -0.2) is 0 Å². The molecule has 2 aromatic carbocycles. The van der Waals surface area contributed by atoms with Gasteiger partial charge in [-0.15, -0.1) is 0 Å². The molecule has 29 heavy (non-hydrogen) atoms. The van der Waals surface area contributed by atoms with Gasteiger partial charge >= 0.3 is 0 Å². The predicted octanol–water partition coefficient (Wildman–Crippen LogP) is 2.88. The Kier molecular flexibility index (Phi) is 5.96. The summed E-state index contributed by atoms with van der Waals surface area (Å²) >= 11 is 0. The molecule has 1 amide bonds. The van der Waals surface area contributed by atoms with Crippen molar-refractivity contribution in [2.75, 3.05) is 20.3 Å². The van der Waals surface area contributed by atoms with Crippen molar-refractivity contribution >= 4 is 11.7 Å². The summed E-state index contributed by atoms with van der Waals surface area (Å²) in [6.07, 6.45) is 0.808. The molecule has 1 heterocycles. The highest BCUT2D eigenvalue weighted by Gasteiger charge is 2.35. The molecule has 3 rings (SSSR count). The van der Waals surface area contributed by atoms with Crippen LogP contribution in [0, 0.1) is 0 Å². The molecule has 0 aromatic heterocycles. The Morgan fingerprint density at radius 3 is 2.79 bits per heavy atom. The average molecular weight is 399 g/mol. The summed E-state index contributed by atoms with van der Waals surface area (Å²) in [5.41, 5.74) is 0.489. The Hall–Kier alpha value is -3.22. The third kappa shape index (κ3) is 4.99. The Balaban J connectivity index is 1.55. The van der Waals surface area contributed by atoms with E-state index >= 15 is 0 Å². The van der Waals surface area contributed by atoms with E-state index in [4.69, 9.17) is 14.2 Å². The van der Waals surface area contributed by atoms with Crippen LogP contribution in [0.15, 0.2) is 36.4 Å². The molecule has 1 aliphatic heterocycles. The number of phenolic OH excluding ortho intramolecular Hbond substituents is 1. The summed E-state index contributed by atoms with van der Waals surface area (Å²) in [6, 6.07) is 10.5. The lowest BCUT2D eigenvalue weighted by atomic mass is 9.92. The van der Waals surface area contributed by atoms with Crippen molar-refractivity contribution in [3.8, 4) is 23.0 Å². The molecule has 1 aliphatic rings. The van der Waals surface area contributed by atoms with Crippen LogP contribution in [-0.2, 0) is 11.2 Å². The highest BCUT2D eigenvalue weighted by molar-refractivity contribution is 6.03. The highest BCUT2D eigenvalue weighted by Crippen LogP contribution is 2.40. The third-order valence-electron chi connectivity index (χ3n) is 4.59. The first-order chi connectivity index (χ1) is 13.8. The fourth-order valence-corrected chi connectivity index (χ4v) is 3.28. The Bertz CT molecular complexity index is 922. The summed E-state index contributed by atoms with van der Waals surface area (Å²) in [4.78, 5) is 24.3. The van der Waals surface area contributed by atoms with Gasteiger partial charge in [-0.3, -0.25) is 9.59 Å². The van der Waals surface area contributed by atoms with Crippen LogP contribution in [0.4, 0.5) is 0 Å². The number of carbonyl (C=O) groups is 2. The zero-order valence-electron chi connectivity index (χ0n) is 16.8. The van der Waals surface area contributed by atoms with Gasteiger partial charge in [0, 0.05) is 18.7 Å². The number of hydrogen-bond acceptors (Lipinski definition) is 6. The first-order valence-corrected chi connectivity index (χ1v) is 9.40. The fourth-order valence-electron chi connectivity index (χ4n) is 3.28. The van der Waals surface area contributed by atoms with Crippen molar-refractivity contribution in [2.45, 2.75) is 32.3 Å². The fraction of sp³-hybridized carbons (Fsp3) is 0.364. The third-order valence-corrected chi connectivity index (χ3v) is 4.59. The van der Waals surface area contributed by atoms with Crippen LogP contribution in [-0.4, -0.2) is 42.7 Å². The maximum Gasteiger partial charge on any atom is 0.257 e. The Labute approximate surface area is 169 Å². The molecule has 0 unspecified atom stereocenters. The standard InChI is InChI=1S/C22H25NO6/c1-22(2)12-17(25)21-16(24)10-15(11-19(21)29-22)28-13-20(26)23-9-8-14-6-4-5-7-18(14)27-3/h4-7,10-11,24H,8-9,12-13H2,1-3H3,(H,23,26). The van der Waals surface area contributed by atoms with E-state index in [0.717, 1.165) is 11.3 Å². The minimum atomic E-state index is -0.662. The van der Waals surface area contributed by atoms with Crippen LogP contribution in [0.25, 0.3) is 0 Å². The number of nitrogens with one attached hydrogen (secondary N) is 1. The molecule has 0 saturated heterocycles. The van der Waals surface area contributed by atoms with E-state index in [1.54, 1.807) is 21.0 Å². The number of ether oxygens (including phenoxy) is 3. The van der Waals surface area contributed by atoms with Crippen molar-refractivity contribution in [3.63, 3.8) is 0 Å². The van der Waals surface area contributed by atoms with Crippen LogP contribution < -0.4 is 19.5 Å². The van der Waals surface area contributed by atoms with Crippen LogP contribution in [0.1, 0.15) is 36.2 Å². The molecule has 0 atom stereocenters. The number of amides is 1. The van der Waals surface area contributed by atoms with Gasteiger partial charge in [0.25, 0.3) is 5.91 Å². The van der Waals surface area contributed by atoms with E-state index in [1.165, 1.54) is 12.1 Å². The minimum Gasteiger partial charge on any atom is -0.507 e. The molecule has 0 radical (unpaired) electrons. The number of aromatic hydroxyl groups is 1. The molecule has 7 nitrogen and oxygen atoms in total. The molecule has 0 spiro atoms. The number of carbonyl (C=O) groups excluding carboxylic acids is 2. The lowest BCUT2D eigenvalue weighted by molar-refractivity contribution is -0.123. The molecule has 0 aliphatic carbocycles. The second kappa shape index (κ2) is 8.43. The lowest BCUT2D eigenvalue weighted by Crippen LogP contribution is -2.36. The number of benzene rings is 2. The zero-order chi connectivity index (χ0) is 21.0. The second-order valence-electron chi connectivity index (χ2n) is 7.48. The average Bonchev–Trinajstić information content (AvgIpc) is 2.65. The van der Waals surface area contributed by atoms with Gasteiger partial charge in [0.15, 0.2) is 12.4 Å². The van der Waals surface area contributed by atoms with E-state index in [-0.39, 0.29) is 47.5 Å². The highest BCUT2D eigenvalue weighted by atomic mass is 16.5. The number of methoxy groups -OCH3 is 1. The molecule has 2 aromatic rings. The summed E-state index contributed by atoms with van der Waals surface area (Å²) in [5.74, 6) is 0.600. The molecule has 0 saturated carbocycles. The number of rotatable bonds is 7. The van der Waals surface area contributed by atoms with E-state index in [1.807, 2.05) is 24.3 Å². The number of fused-ring (bicyclic) bond motifs is 1. The van der Waals surface area contributed by atoms with Crippen molar-refractivity contribution < 1.29 is 28.9 Å². The first-order valence-electron chi connectivity index (χ1n) is 9.40. The number of Topliss-reactive ketones (excluding diaryl/α,β-unsaturated/α-hetero) is 1. The Morgan fingerprint density at radius 2 is 2.03 bits per heavy atom. The number of hydrogen-bond donors (Lipinski definition) is 2. The molecule has 154 valence electrons. The van der Waals surface area contributed by atoms with Crippen LogP contribution in [0.3, 0.4) is 0 Å². The smallest absolute Gasteiger partial charge is 0.257 e. The summed E-state index contributed by atoms with van der Waals surface area (Å²) in [7, 11) is 1.61. The van der Waals surface area contributed by atoms with Gasteiger partial charge in [-0.2, -0.15) is 0 Å². The predicted molar refractivity (Wildman–Crippen MR) is 107 cm³/mol. The minimum absolute atomic E-state index is 0.151. The van der Waals surface area contributed by atoms with Crippen LogP contribution in [0.5, 0.6) is 23.0 Å². The van der Waals surface area contributed by atoms with Crippen molar-refractivity contribution in [1.29, 1.82) is 0 Å². The molecular formula is C22H25NO6. The van der Waals surface area contributed by atoms with Gasteiger partial charge in [0.05, 0.1) is 13.5 Å². The topological polar surface area (TPSA) is 94.1 Å². The van der Waals surface area contributed by atoms with E-state index in [2.05, 4.69) is 5.32 Å². The monoisotopic (exact) mass is 399 g/mol. The maximum atomic E-state index is 12.2. The number of para-hydroxylation sites is 1. The zero-order valence-corrected chi connectivity index (χ0v) is 16.8. The molecule has 0 fully saturated rings. The Morgan fingerprint density at radius 1 is 1.28 bits per heavy atom. The maximum absolute atomic E-state index is 12.2. The van der Waals surface area contributed by atoms with Gasteiger partial charge in [0.1, 0.15) is 34.2 Å². The number of phenols is 1. The van der Waals surface area contributed by atoms with Crippen LogP contribution in [0.2, 0.25) is 0 Å². The summed E-state index contributed by atoms with van der Waals surface area (Å²) in [5, 5.41) is 12.9. The van der Waals surface area contributed by atoms with E-state index in [9.17, 15) is 14.7 Å². The molecule has 7 heteroatoms. The van der Waals surface area contributed by atoms with E-state index in [0.29, 0.717) is 13.0 Å². The second-order valence-corrected chi connectivity index (χ2v) is 7.48. The SMILES string of the molecule is COc1ccccc1CCNC(=O)COc1cc(O)c2c(c1)OC(C)(C)CC2=O. The summed E-state index contributed by atoms with van der Waals surface area (Å²) < 4.78 is 16.5. The van der Waals surface area contributed by atoms with Crippen molar-refractivity contribution in [1.82, 2.24) is 5.32 Å². The molecule has 0 bridgehead atoms. The lowest BCUT2D eigenvalue weighted by Gasteiger charge is -2.32. The van der Waals surface area contributed by atoms with Gasteiger partial charge in [-0.05, 0) is 31.9 Å². The molecule has 2 N–H and O–H groups in total. The molecular weight excluding hydrogens is 374 g/mol. The quantitative estimate of drug-likeness (QED) is 0.744. The summed E-state index contributed by atoms with van der Waals surface area (Å²) in [6.45, 7) is 3.81. The normalized spacial score (nSPS) is 14.5. The van der Waals surface area contributed by atoms with Crippen LogP contribution >= 0.6 is 0 Å². The van der Waals surface area contributed by atoms with Crippen molar-refractivity contribution in [2.24, 2.45) is 0 Å². The first kappa shape index (κ1) is 20.5. The largest absolute Gasteiger partial charge is 0.507 e. The number of ketones is 1. The van der Waals surface area contributed by atoms with E-state index < -0.39 is 5.60 Å². The van der Waals surface area contributed by atoms with Gasteiger partial charge in [0.2, 0.25) is 0 Å². The van der Waals surface area contributed by atoms with Crippen molar-refractivity contribution in [3.05, 3.63) is 47.5 Å².